The number of anilines is 1. The molecule has 2 aromatic heterocycles. The Kier molecular flexibility index (Phi) is 5.16. The molecule has 0 spiro atoms. The van der Waals surface area contributed by atoms with Crippen LogP contribution in [0.4, 0.5) is 5.69 Å². The highest BCUT2D eigenvalue weighted by molar-refractivity contribution is 5.95. The van der Waals surface area contributed by atoms with Crippen molar-refractivity contribution in [2.45, 2.75) is 27.3 Å². The fourth-order valence-corrected chi connectivity index (χ4v) is 3.33. The number of nitrogens with two attached hydrogens (primary N) is 1. The van der Waals surface area contributed by atoms with E-state index in [1.807, 2.05) is 25.1 Å². The molecule has 0 saturated carbocycles. The first-order valence-corrected chi connectivity index (χ1v) is 8.92. The molecule has 5 nitrogen and oxygen atoms in total. The third-order valence-corrected chi connectivity index (χ3v) is 4.82. The van der Waals surface area contributed by atoms with Gasteiger partial charge in [-0.2, -0.15) is 0 Å². The lowest BCUT2D eigenvalue weighted by Gasteiger charge is -2.21. The van der Waals surface area contributed by atoms with E-state index < -0.39 is 5.91 Å². The van der Waals surface area contributed by atoms with Gasteiger partial charge in [0.05, 0.1) is 18.4 Å². The van der Waals surface area contributed by atoms with Crippen LogP contribution >= 0.6 is 0 Å². The van der Waals surface area contributed by atoms with Gasteiger partial charge < -0.3 is 19.6 Å². The van der Waals surface area contributed by atoms with Crippen LogP contribution in [0, 0.1) is 6.92 Å². The number of rotatable bonds is 7. The average Bonchev–Trinajstić information content (AvgIpc) is 3.26. The number of benzene rings is 1. The van der Waals surface area contributed by atoms with E-state index in [0.717, 1.165) is 35.8 Å². The van der Waals surface area contributed by atoms with E-state index in [2.05, 4.69) is 47.6 Å². The van der Waals surface area contributed by atoms with Gasteiger partial charge in [0.2, 0.25) is 0 Å². The molecule has 1 amide bonds. The second kappa shape index (κ2) is 7.52. The standard InChI is InChI=1S/C21H25N3O2/c1-4-23(5-2)17-10-8-16(9-11-17)20-13-19(21(22)25)15(3)24(20)14-18-7-6-12-26-18/h6-13H,4-5,14H2,1-3H3,(H2,22,25). The molecule has 3 rings (SSSR count). The number of amides is 1. The molecule has 5 heteroatoms. The second-order valence-electron chi connectivity index (χ2n) is 6.28. The molecule has 1 aromatic carbocycles. The molecule has 0 radical (unpaired) electrons. The smallest absolute Gasteiger partial charge is 0.250 e. The Morgan fingerprint density at radius 2 is 1.85 bits per heavy atom. The molecule has 0 aliphatic rings. The van der Waals surface area contributed by atoms with Crippen LogP contribution in [0.25, 0.3) is 11.3 Å². The Bertz CT molecular complexity index is 873. The summed E-state index contributed by atoms with van der Waals surface area (Å²) in [6.45, 7) is 8.70. The SMILES string of the molecule is CCN(CC)c1ccc(-c2cc(C(N)=O)c(C)n2Cc2ccco2)cc1. The number of hydrogen-bond acceptors (Lipinski definition) is 3. The van der Waals surface area contributed by atoms with Crippen LogP contribution in [0.1, 0.15) is 35.7 Å². The van der Waals surface area contributed by atoms with Crippen LogP contribution in [0.3, 0.4) is 0 Å². The number of primary amides is 1. The van der Waals surface area contributed by atoms with E-state index in [1.165, 1.54) is 5.69 Å². The molecule has 0 fully saturated rings. The van der Waals surface area contributed by atoms with E-state index in [4.69, 9.17) is 10.2 Å². The Morgan fingerprint density at radius 1 is 1.15 bits per heavy atom. The van der Waals surface area contributed by atoms with E-state index >= 15 is 0 Å². The third-order valence-electron chi connectivity index (χ3n) is 4.82. The first kappa shape index (κ1) is 17.9. The summed E-state index contributed by atoms with van der Waals surface area (Å²) in [6, 6.07) is 14.1. The van der Waals surface area contributed by atoms with Crippen molar-refractivity contribution in [1.82, 2.24) is 4.57 Å². The summed E-state index contributed by atoms with van der Waals surface area (Å²) in [5.41, 5.74) is 10.1. The molecule has 0 aliphatic carbocycles. The van der Waals surface area contributed by atoms with E-state index in [1.54, 1.807) is 6.26 Å². The zero-order chi connectivity index (χ0) is 18.7. The minimum absolute atomic E-state index is 0.415. The quantitative estimate of drug-likeness (QED) is 0.698. The molecular formula is C21H25N3O2. The van der Waals surface area contributed by atoms with E-state index in [9.17, 15) is 4.79 Å². The number of carbonyl (C=O) groups excluding carboxylic acids is 1. The molecule has 0 unspecified atom stereocenters. The monoisotopic (exact) mass is 351 g/mol. The fourth-order valence-electron chi connectivity index (χ4n) is 3.33. The van der Waals surface area contributed by atoms with Gasteiger partial charge in [-0.05, 0) is 56.7 Å². The maximum atomic E-state index is 11.8. The predicted molar refractivity (Wildman–Crippen MR) is 104 cm³/mol. The molecule has 2 heterocycles. The van der Waals surface area contributed by atoms with Crippen molar-refractivity contribution in [3.63, 3.8) is 0 Å². The lowest BCUT2D eigenvalue weighted by Crippen LogP contribution is -2.21. The fraction of sp³-hybridized carbons (Fsp3) is 0.286. The zero-order valence-corrected chi connectivity index (χ0v) is 15.5. The van der Waals surface area contributed by atoms with Gasteiger partial charge in [-0.3, -0.25) is 4.79 Å². The average molecular weight is 351 g/mol. The first-order valence-electron chi connectivity index (χ1n) is 8.92. The molecular weight excluding hydrogens is 326 g/mol. The Hall–Kier alpha value is -2.95. The second-order valence-corrected chi connectivity index (χ2v) is 6.28. The van der Waals surface area contributed by atoms with Gasteiger partial charge in [-0.1, -0.05) is 12.1 Å². The van der Waals surface area contributed by atoms with Crippen molar-refractivity contribution in [3.8, 4) is 11.3 Å². The first-order chi connectivity index (χ1) is 12.5. The predicted octanol–water partition coefficient (Wildman–Crippen LogP) is 4.05. The minimum Gasteiger partial charge on any atom is -0.467 e. The number of nitrogens with zero attached hydrogens (tertiary/aromatic N) is 2. The molecule has 2 N–H and O–H groups in total. The Balaban J connectivity index is 2.03. The van der Waals surface area contributed by atoms with Gasteiger partial charge in [0, 0.05) is 30.2 Å². The van der Waals surface area contributed by atoms with Crippen LogP contribution in [-0.4, -0.2) is 23.6 Å². The molecule has 26 heavy (non-hydrogen) atoms. The summed E-state index contributed by atoms with van der Waals surface area (Å²) in [7, 11) is 0. The molecule has 3 aromatic rings. The maximum absolute atomic E-state index is 11.8. The highest BCUT2D eigenvalue weighted by Gasteiger charge is 2.18. The van der Waals surface area contributed by atoms with E-state index in [-0.39, 0.29) is 0 Å². The van der Waals surface area contributed by atoms with Crippen LogP contribution in [0.2, 0.25) is 0 Å². The summed E-state index contributed by atoms with van der Waals surface area (Å²) >= 11 is 0. The van der Waals surface area contributed by atoms with Gasteiger partial charge in [0.15, 0.2) is 0 Å². The number of aromatic nitrogens is 1. The lowest BCUT2D eigenvalue weighted by atomic mass is 10.1. The molecule has 136 valence electrons. The molecule has 0 atom stereocenters. The number of hydrogen-bond donors (Lipinski definition) is 1. The molecule has 0 bridgehead atoms. The highest BCUT2D eigenvalue weighted by Crippen LogP contribution is 2.29. The maximum Gasteiger partial charge on any atom is 0.250 e. The third kappa shape index (κ3) is 3.38. The van der Waals surface area contributed by atoms with Crippen LogP contribution in [-0.2, 0) is 6.54 Å². The van der Waals surface area contributed by atoms with Crippen LogP contribution < -0.4 is 10.6 Å². The van der Waals surface area contributed by atoms with Crippen molar-refractivity contribution in [3.05, 3.63) is 65.7 Å². The topological polar surface area (TPSA) is 64.4 Å². The molecule has 0 aliphatic heterocycles. The van der Waals surface area contributed by atoms with Crippen molar-refractivity contribution in [2.75, 3.05) is 18.0 Å². The van der Waals surface area contributed by atoms with Crippen molar-refractivity contribution >= 4 is 11.6 Å². The van der Waals surface area contributed by atoms with Gasteiger partial charge in [0.25, 0.3) is 5.91 Å². The minimum atomic E-state index is -0.415. The van der Waals surface area contributed by atoms with Gasteiger partial charge in [-0.25, -0.2) is 0 Å². The lowest BCUT2D eigenvalue weighted by molar-refractivity contribution is 0.0999. The Morgan fingerprint density at radius 3 is 2.38 bits per heavy atom. The van der Waals surface area contributed by atoms with Crippen molar-refractivity contribution in [2.24, 2.45) is 5.73 Å². The van der Waals surface area contributed by atoms with Gasteiger partial charge in [0.1, 0.15) is 5.76 Å². The van der Waals surface area contributed by atoms with E-state index in [0.29, 0.717) is 12.1 Å². The summed E-state index contributed by atoms with van der Waals surface area (Å²) in [5, 5.41) is 0. The van der Waals surface area contributed by atoms with Crippen LogP contribution in [0.15, 0.2) is 53.1 Å². The Labute approximate surface area is 154 Å². The molecule has 0 saturated heterocycles. The normalized spacial score (nSPS) is 10.9. The number of furan rings is 1. The van der Waals surface area contributed by atoms with Crippen LogP contribution in [0.5, 0.6) is 0 Å². The van der Waals surface area contributed by atoms with Crippen molar-refractivity contribution < 1.29 is 9.21 Å². The summed E-state index contributed by atoms with van der Waals surface area (Å²) in [5.74, 6) is 0.419. The highest BCUT2D eigenvalue weighted by atomic mass is 16.3. The summed E-state index contributed by atoms with van der Waals surface area (Å²) < 4.78 is 7.56. The number of carbonyl (C=O) groups is 1. The van der Waals surface area contributed by atoms with Crippen molar-refractivity contribution in [1.29, 1.82) is 0 Å². The largest absolute Gasteiger partial charge is 0.467 e. The summed E-state index contributed by atoms with van der Waals surface area (Å²) in [4.78, 5) is 14.1. The van der Waals surface area contributed by atoms with Gasteiger partial charge in [-0.15, -0.1) is 0 Å². The zero-order valence-electron chi connectivity index (χ0n) is 15.5. The van der Waals surface area contributed by atoms with Gasteiger partial charge >= 0.3 is 0 Å². The summed E-state index contributed by atoms with van der Waals surface area (Å²) in [6.07, 6.45) is 1.65.